The van der Waals surface area contributed by atoms with E-state index in [1.807, 2.05) is 23.0 Å². The van der Waals surface area contributed by atoms with Gasteiger partial charge in [-0.2, -0.15) is 26.3 Å². The van der Waals surface area contributed by atoms with Gasteiger partial charge >= 0.3 is 24.3 Å². The van der Waals surface area contributed by atoms with E-state index < -0.39 is 24.3 Å². The van der Waals surface area contributed by atoms with Crippen molar-refractivity contribution < 1.29 is 46.1 Å². The molecule has 2 N–H and O–H groups in total. The molecule has 1 aliphatic rings. The number of nitrogens with zero attached hydrogens (tertiary/aromatic N) is 5. The molecule has 1 saturated heterocycles. The number of carbonyl (C=O) groups is 2. The van der Waals surface area contributed by atoms with Gasteiger partial charge in [-0.1, -0.05) is 17.3 Å². The fourth-order valence-electron chi connectivity index (χ4n) is 3.39. The fourth-order valence-corrected chi connectivity index (χ4v) is 3.39. The quantitative estimate of drug-likeness (QED) is 0.478. The molecular weight excluding hydrogens is 512 g/mol. The second-order valence-electron chi connectivity index (χ2n) is 8.14. The van der Waals surface area contributed by atoms with E-state index in [2.05, 4.69) is 52.2 Å². The first-order chi connectivity index (χ1) is 17.1. The third-order valence-electron chi connectivity index (χ3n) is 5.26. The Morgan fingerprint density at radius 2 is 1.59 bits per heavy atom. The van der Waals surface area contributed by atoms with Gasteiger partial charge in [-0.25, -0.2) is 14.1 Å². The van der Waals surface area contributed by atoms with Crippen LogP contribution in [-0.2, 0) is 9.59 Å². The van der Waals surface area contributed by atoms with Crippen molar-refractivity contribution in [2.75, 3.05) is 13.1 Å². The van der Waals surface area contributed by atoms with Gasteiger partial charge in [0.05, 0.1) is 11.2 Å². The smallest absolute Gasteiger partial charge is 0.475 e. The summed E-state index contributed by atoms with van der Waals surface area (Å²) in [6, 6.07) is 8.87. The Hall–Kier alpha value is -3.75. The molecule has 1 atom stereocenters. The molecule has 1 aliphatic heterocycles. The molecule has 3 aromatic rings. The van der Waals surface area contributed by atoms with Crippen molar-refractivity contribution in [2.24, 2.45) is 0 Å². The molecule has 202 valence electrons. The molecule has 0 bridgehead atoms. The summed E-state index contributed by atoms with van der Waals surface area (Å²) in [6.45, 7) is 6.74. The van der Waals surface area contributed by atoms with Gasteiger partial charge in [0.2, 0.25) is 0 Å². The molecule has 4 heterocycles. The molecule has 0 aliphatic carbocycles. The molecule has 15 heteroatoms. The van der Waals surface area contributed by atoms with E-state index in [9.17, 15) is 26.3 Å². The molecule has 0 spiro atoms. The van der Waals surface area contributed by atoms with Crippen molar-refractivity contribution >= 4 is 17.5 Å². The number of fused-ring (bicyclic) bond motifs is 1. The highest BCUT2D eigenvalue weighted by Gasteiger charge is 2.38. The van der Waals surface area contributed by atoms with Crippen LogP contribution in [0.4, 0.5) is 26.3 Å². The lowest BCUT2D eigenvalue weighted by atomic mass is 10.0. The van der Waals surface area contributed by atoms with Gasteiger partial charge in [0.25, 0.3) is 0 Å². The maximum absolute atomic E-state index is 10.6. The lowest BCUT2D eigenvalue weighted by Gasteiger charge is -2.19. The maximum Gasteiger partial charge on any atom is 0.490 e. The minimum atomic E-state index is -5.08. The Bertz CT molecular complexity index is 1170. The summed E-state index contributed by atoms with van der Waals surface area (Å²) in [5.74, 6) is -5.03. The summed E-state index contributed by atoms with van der Waals surface area (Å²) in [4.78, 5) is 24.5. The summed E-state index contributed by atoms with van der Waals surface area (Å²) < 4.78 is 65.4. The highest BCUT2D eigenvalue weighted by molar-refractivity contribution is 5.73. The van der Waals surface area contributed by atoms with Crippen LogP contribution in [0.3, 0.4) is 0 Å². The summed E-state index contributed by atoms with van der Waals surface area (Å²) in [6.07, 6.45) is -3.30. The second kappa shape index (κ2) is 12.0. The highest BCUT2D eigenvalue weighted by Crippen LogP contribution is 2.30. The molecule has 1 fully saturated rings. The number of aliphatic carboxylic acids is 2. The first kappa shape index (κ1) is 29.5. The Morgan fingerprint density at radius 1 is 1.00 bits per heavy atom. The number of alkyl halides is 6. The van der Waals surface area contributed by atoms with Crippen molar-refractivity contribution in [1.82, 2.24) is 24.7 Å². The number of aromatic nitrogens is 4. The van der Waals surface area contributed by atoms with Crippen LogP contribution in [0, 0.1) is 0 Å². The van der Waals surface area contributed by atoms with Gasteiger partial charge in [0.1, 0.15) is 0 Å². The van der Waals surface area contributed by atoms with E-state index in [-0.39, 0.29) is 0 Å². The van der Waals surface area contributed by atoms with E-state index in [0.29, 0.717) is 12.0 Å². The van der Waals surface area contributed by atoms with E-state index in [0.717, 1.165) is 41.8 Å². The Labute approximate surface area is 206 Å². The number of hydrogen-bond donors (Lipinski definition) is 2. The van der Waals surface area contributed by atoms with Crippen LogP contribution in [0.1, 0.15) is 31.9 Å². The lowest BCUT2D eigenvalue weighted by molar-refractivity contribution is -0.193. The van der Waals surface area contributed by atoms with Gasteiger partial charge in [-0.3, -0.25) is 4.98 Å². The van der Waals surface area contributed by atoms with Gasteiger partial charge in [0, 0.05) is 48.2 Å². The molecule has 37 heavy (non-hydrogen) atoms. The number of carboxylic acid groups (broad SMARTS) is 2. The average molecular weight is 535 g/mol. The molecule has 9 nitrogen and oxygen atoms in total. The third kappa shape index (κ3) is 8.41. The first-order valence-corrected chi connectivity index (χ1v) is 10.7. The number of hydrogen-bond acceptors (Lipinski definition) is 6. The number of halogens is 6. The topological polar surface area (TPSA) is 121 Å². The van der Waals surface area contributed by atoms with Crippen LogP contribution in [-0.4, -0.2) is 78.3 Å². The normalized spacial score (nSPS) is 16.1. The molecule has 0 amide bonds. The molecular formula is C22H23F6N5O4. The summed E-state index contributed by atoms with van der Waals surface area (Å²) >= 11 is 0. The van der Waals surface area contributed by atoms with Crippen molar-refractivity contribution in [3.63, 3.8) is 0 Å². The number of carboxylic acids is 2. The highest BCUT2D eigenvalue weighted by atomic mass is 19.4. The van der Waals surface area contributed by atoms with Crippen LogP contribution >= 0.6 is 0 Å². The van der Waals surface area contributed by atoms with Crippen molar-refractivity contribution in [3.8, 4) is 11.1 Å². The number of likely N-dealkylation sites (tertiary alicyclic amines) is 1. The summed E-state index contributed by atoms with van der Waals surface area (Å²) in [7, 11) is 0. The predicted octanol–water partition coefficient (Wildman–Crippen LogP) is 4.26. The predicted molar refractivity (Wildman–Crippen MR) is 118 cm³/mol. The lowest BCUT2D eigenvalue weighted by Crippen LogP contribution is -2.27. The first-order valence-electron chi connectivity index (χ1n) is 10.7. The Balaban J connectivity index is 0.000000286. The van der Waals surface area contributed by atoms with Gasteiger partial charge < -0.3 is 15.1 Å². The summed E-state index contributed by atoms with van der Waals surface area (Å²) in [5.41, 5.74) is 4.45. The largest absolute Gasteiger partial charge is 0.490 e. The molecule has 4 rings (SSSR count). The minimum Gasteiger partial charge on any atom is -0.475 e. The third-order valence-corrected chi connectivity index (χ3v) is 5.26. The van der Waals surface area contributed by atoms with Crippen LogP contribution < -0.4 is 0 Å². The molecule has 1 unspecified atom stereocenters. The fraction of sp³-hybridized carbons (Fsp3) is 0.409. The van der Waals surface area contributed by atoms with Gasteiger partial charge in [-0.15, -0.1) is 5.10 Å². The number of pyridine rings is 2. The summed E-state index contributed by atoms with van der Waals surface area (Å²) in [5, 5.41) is 23.1. The monoisotopic (exact) mass is 535 g/mol. The second-order valence-corrected chi connectivity index (χ2v) is 8.14. The zero-order valence-corrected chi connectivity index (χ0v) is 19.5. The molecule has 0 aromatic carbocycles. The SMILES string of the molecule is CC(C)N1CCC(c2nnn3cc(-c4cccnc4)ccc23)C1.O=C(O)C(F)(F)F.O=C(O)C(F)(F)F. The molecule has 3 aromatic heterocycles. The van der Waals surface area contributed by atoms with Crippen LogP contribution in [0.15, 0.2) is 42.9 Å². The maximum atomic E-state index is 10.6. The van der Waals surface area contributed by atoms with Crippen LogP contribution in [0.2, 0.25) is 0 Å². The average Bonchev–Trinajstić information content (AvgIpc) is 3.46. The van der Waals surface area contributed by atoms with Crippen molar-refractivity contribution in [2.45, 2.75) is 44.6 Å². The van der Waals surface area contributed by atoms with E-state index in [4.69, 9.17) is 19.8 Å². The van der Waals surface area contributed by atoms with Crippen molar-refractivity contribution in [1.29, 1.82) is 0 Å². The van der Waals surface area contributed by atoms with Crippen molar-refractivity contribution in [3.05, 3.63) is 48.5 Å². The minimum absolute atomic E-state index is 0.485. The zero-order chi connectivity index (χ0) is 28.0. The van der Waals surface area contributed by atoms with Gasteiger partial charge in [0.15, 0.2) is 0 Å². The standard InChI is InChI=1S/C18H21N5.2C2HF3O2/c1-13(2)22-9-7-16(11-22)18-17-6-5-15(12-23(17)21-20-18)14-4-3-8-19-10-14;2*3-2(4,5)1(6)7/h3-6,8,10,12-13,16H,7,9,11H2,1-2H3;2*(H,6,7). The Morgan fingerprint density at radius 3 is 2.05 bits per heavy atom. The molecule has 0 saturated carbocycles. The number of rotatable bonds is 3. The van der Waals surface area contributed by atoms with E-state index in [1.165, 1.54) is 0 Å². The van der Waals surface area contributed by atoms with E-state index in [1.54, 1.807) is 6.20 Å². The van der Waals surface area contributed by atoms with E-state index >= 15 is 0 Å². The van der Waals surface area contributed by atoms with Gasteiger partial charge in [-0.05, 0) is 38.9 Å². The van der Waals surface area contributed by atoms with Crippen LogP contribution in [0.25, 0.3) is 16.6 Å². The molecule has 0 radical (unpaired) electrons. The van der Waals surface area contributed by atoms with Crippen LogP contribution in [0.5, 0.6) is 0 Å². The Kier molecular flexibility index (Phi) is 9.55. The zero-order valence-electron chi connectivity index (χ0n) is 19.5.